The Hall–Kier alpha value is -3.59. The predicted molar refractivity (Wildman–Crippen MR) is 147 cm³/mol. The summed E-state index contributed by atoms with van der Waals surface area (Å²) in [5.41, 5.74) is 3.51. The lowest BCUT2D eigenvalue weighted by Crippen LogP contribution is -2.59. The number of benzene rings is 2. The van der Waals surface area contributed by atoms with Gasteiger partial charge in [-0.15, -0.1) is 0 Å². The lowest BCUT2D eigenvalue weighted by atomic mass is 9.85. The normalized spacial score (nSPS) is 16.2. The van der Waals surface area contributed by atoms with Gasteiger partial charge in [-0.3, -0.25) is 4.98 Å². The largest absolute Gasteiger partial charge is 0.489 e. The van der Waals surface area contributed by atoms with E-state index in [1.807, 2.05) is 30.0 Å². The number of halogens is 2. The Morgan fingerprint density at radius 3 is 2.64 bits per heavy atom. The van der Waals surface area contributed by atoms with Crippen molar-refractivity contribution in [2.45, 2.75) is 37.9 Å². The molecule has 2 aliphatic rings. The van der Waals surface area contributed by atoms with Gasteiger partial charge in [-0.25, -0.2) is 4.79 Å². The first-order chi connectivity index (χ1) is 18.7. The van der Waals surface area contributed by atoms with Gasteiger partial charge in [0.2, 0.25) is 0 Å². The Balaban J connectivity index is 1.19. The Kier molecular flexibility index (Phi) is 6.49. The van der Waals surface area contributed by atoms with Crippen LogP contribution in [0.5, 0.6) is 5.75 Å². The van der Waals surface area contributed by atoms with E-state index in [0.717, 1.165) is 35.3 Å². The first-order valence-electron chi connectivity index (χ1n) is 12.6. The van der Waals surface area contributed by atoms with Crippen LogP contribution in [0.4, 0.5) is 5.69 Å². The van der Waals surface area contributed by atoms with E-state index in [1.54, 1.807) is 24.4 Å². The van der Waals surface area contributed by atoms with Crippen LogP contribution >= 0.6 is 23.2 Å². The van der Waals surface area contributed by atoms with Crippen LogP contribution in [0, 0.1) is 6.92 Å². The fraction of sp³-hybridized carbons (Fsp3) is 0.276. The number of aliphatic hydroxyl groups is 1. The van der Waals surface area contributed by atoms with Crippen LogP contribution in [0.15, 0.2) is 59.4 Å². The van der Waals surface area contributed by atoms with Gasteiger partial charge < -0.3 is 24.4 Å². The average Bonchev–Trinajstić information content (AvgIpc) is 3.66. The third-order valence-corrected chi connectivity index (χ3v) is 7.92. The number of β-amino-alcohol motifs (C(OH)–C–C–N with tert-alkyl or cyclic N) is 1. The maximum Gasteiger partial charge on any atom is 0.337 e. The smallest absolute Gasteiger partial charge is 0.337 e. The Bertz CT molecular complexity index is 1560. The van der Waals surface area contributed by atoms with Gasteiger partial charge in [0.05, 0.1) is 46.1 Å². The topological polar surface area (TPSA) is 109 Å². The monoisotopic (exact) mass is 565 g/mol. The molecule has 6 rings (SSSR count). The van der Waals surface area contributed by atoms with Crippen LogP contribution in [-0.2, 0) is 12.2 Å². The van der Waals surface area contributed by atoms with E-state index in [-0.39, 0.29) is 25.3 Å². The second-order valence-corrected chi connectivity index (χ2v) is 10.9. The molecule has 39 heavy (non-hydrogen) atoms. The molecular formula is C29H25Cl2N3O5. The zero-order valence-corrected chi connectivity index (χ0v) is 22.5. The minimum Gasteiger partial charge on any atom is -0.489 e. The molecule has 3 heterocycles. The Morgan fingerprint density at radius 2 is 1.95 bits per heavy atom. The van der Waals surface area contributed by atoms with Crippen molar-refractivity contribution in [2.75, 3.05) is 18.0 Å². The van der Waals surface area contributed by atoms with Gasteiger partial charge in [0.25, 0.3) is 0 Å². The molecule has 1 aliphatic carbocycles. The number of carboxylic acids is 1. The molecule has 0 bridgehead atoms. The van der Waals surface area contributed by atoms with E-state index < -0.39 is 11.6 Å². The number of ether oxygens (including phenoxy) is 1. The molecule has 0 radical (unpaired) electrons. The highest BCUT2D eigenvalue weighted by atomic mass is 35.5. The second kappa shape index (κ2) is 9.86. The Morgan fingerprint density at radius 1 is 1.15 bits per heavy atom. The number of carbonyl (C=O) groups is 1. The Labute approximate surface area is 234 Å². The number of hydrogen-bond acceptors (Lipinski definition) is 7. The summed E-state index contributed by atoms with van der Waals surface area (Å²) in [7, 11) is 0. The summed E-state index contributed by atoms with van der Waals surface area (Å²) in [4.78, 5) is 17.1. The molecule has 2 aromatic carbocycles. The molecule has 1 aliphatic heterocycles. The molecule has 10 heteroatoms. The van der Waals surface area contributed by atoms with Crippen molar-refractivity contribution in [1.29, 1.82) is 0 Å². The van der Waals surface area contributed by atoms with Crippen LogP contribution in [-0.4, -0.2) is 39.4 Å². The predicted octanol–water partition coefficient (Wildman–Crippen LogP) is 6.21. The number of rotatable bonds is 8. The molecule has 4 aromatic rings. The highest BCUT2D eigenvalue weighted by Gasteiger charge is 2.44. The molecule has 2 N–H and O–H groups in total. The van der Waals surface area contributed by atoms with Crippen LogP contribution in [0.3, 0.4) is 0 Å². The number of aromatic nitrogens is 2. The van der Waals surface area contributed by atoms with Gasteiger partial charge in [0, 0.05) is 23.2 Å². The van der Waals surface area contributed by atoms with Crippen LogP contribution in [0.1, 0.15) is 51.6 Å². The quantitative estimate of drug-likeness (QED) is 0.259. The zero-order chi connectivity index (χ0) is 27.3. The molecule has 0 amide bonds. The summed E-state index contributed by atoms with van der Waals surface area (Å²) in [6, 6.07) is 12.5. The molecule has 2 aromatic heterocycles. The van der Waals surface area contributed by atoms with Crippen LogP contribution in [0.25, 0.3) is 11.3 Å². The minimum absolute atomic E-state index is 0.0907. The standard InChI is InChI=1S/C29H25Cl2N3O5/c1-16-3-2-4-23(30)25(16)26-21(27(39-33-26)17-5-6-17)13-38-20-7-8-22(24(31)10-20)29(37)14-34(15-29)19-9-18(28(35)36)11-32-12-19/h2-4,7-12,17,37H,5-6,13-15H2,1H3,(H,35,36). The van der Waals surface area contributed by atoms with Gasteiger partial charge in [-0.1, -0.05) is 46.6 Å². The van der Waals surface area contributed by atoms with E-state index in [1.165, 1.54) is 12.3 Å². The fourth-order valence-electron chi connectivity index (χ4n) is 5.03. The molecule has 2 fully saturated rings. The molecule has 1 saturated heterocycles. The van der Waals surface area contributed by atoms with E-state index >= 15 is 0 Å². The van der Waals surface area contributed by atoms with Crippen LogP contribution < -0.4 is 9.64 Å². The first-order valence-corrected chi connectivity index (χ1v) is 13.3. The summed E-state index contributed by atoms with van der Waals surface area (Å²) in [6.07, 6.45) is 4.97. The van der Waals surface area contributed by atoms with Crippen molar-refractivity contribution in [2.24, 2.45) is 0 Å². The summed E-state index contributed by atoms with van der Waals surface area (Å²) < 4.78 is 11.9. The second-order valence-electron chi connectivity index (χ2n) is 10.1. The third kappa shape index (κ3) is 4.84. The number of aryl methyl sites for hydroxylation is 1. The van der Waals surface area contributed by atoms with Gasteiger partial charge in [-0.2, -0.15) is 0 Å². The molecule has 200 valence electrons. The number of hydrogen-bond donors (Lipinski definition) is 2. The summed E-state index contributed by atoms with van der Waals surface area (Å²) in [5, 5.41) is 25.8. The third-order valence-electron chi connectivity index (χ3n) is 7.29. The van der Waals surface area contributed by atoms with Gasteiger partial charge in [-0.05, 0) is 49.6 Å². The average molecular weight is 566 g/mol. The maximum atomic E-state index is 11.3. The van der Waals surface area contributed by atoms with Crippen molar-refractivity contribution in [3.8, 4) is 17.0 Å². The number of pyridine rings is 1. The summed E-state index contributed by atoms with van der Waals surface area (Å²) >= 11 is 13.1. The van der Waals surface area contributed by atoms with Gasteiger partial charge in [0.1, 0.15) is 29.4 Å². The lowest BCUT2D eigenvalue weighted by molar-refractivity contribution is 0.00757. The zero-order valence-electron chi connectivity index (χ0n) is 21.0. The number of nitrogens with zero attached hydrogens (tertiary/aromatic N) is 3. The summed E-state index contributed by atoms with van der Waals surface area (Å²) in [5.74, 6) is 0.660. The van der Waals surface area contributed by atoms with Crippen LogP contribution in [0.2, 0.25) is 10.0 Å². The van der Waals surface area contributed by atoms with Crippen molar-refractivity contribution >= 4 is 34.9 Å². The number of anilines is 1. The minimum atomic E-state index is -1.18. The lowest BCUT2D eigenvalue weighted by Gasteiger charge is -2.48. The van der Waals surface area contributed by atoms with Crippen molar-refractivity contribution < 1.29 is 24.3 Å². The highest BCUT2D eigenvalue weighted by molar-refractivity contribution is 6.33. The highest BCUT2D eigenvalue weighted by Crippen LogP contribution is 2.46. The van der Waals surface area contributed by atoms with E-state index in [9.17, 15) is 15.0 Å². The molecular weight excluding hydrogens is 541 g/mol. The summed E-state index contributed by atoms with van der Waals surface area (Å²) in [6.45, 7) is 2.73. The van der Waals surface area contributed by atoms with Crippen molar-refractivity contribution in [3.63, 3.8) is 0 Å². The molecule has 0 unspecified atom stereocenters. The van der Waals surface area contributed by atoms with Crippen molar-refractivity contribution in [1.82, 2.24) is 10.1 Å². The maximum absolute atomic E-state index is 11.3. The first kappa shape index (κ1) is 25.7. The SMILES string of the molecule is Cc1cccc(Cl)c1-c1noc(C2CC2)c1COc1ccc(C2(O)CN(c3cncc(C(=O)O)c3)C2)c(Cl)c1. The number of aromatic carboxylic acids is 1. The van der Waals surface area contributed by atoms with E-state index in [0.29, 0.717) is 38.7 Å². The van der Waals surface area contributed by atoms with E-state index in [4.69, 9.17) is 32.5 Å². The fourth-order valence-corrected chi connectivity index (χ4v) is 5.69. The molecule has 8 nitrogen and oxygen atoms in total. The van der Waals surface area contributed by atoms with Gasteiger partial charge in [0.15, 0.2) is 0 Å². The molecule has 1 saturated carbocycles. The number of carboxylic acid groups (broad SMARTS) is 1. The van der Waals surface area contributed by atoms with E-state index in [2.05, 4.69) is 10.1 Å². The molecule has 0 atom stereocenters. The molecule has 0 spiro atoms. The van der Waals surface area contributed by atoms with Gasteiger partial charge >= 0.3 is 5.97 Å². The van der Waals surface area contributed by atoms with Crippen molar-refractivity contribution in [3.05, 3.63) is 92.9 Å².